The minimum atomic E-state index is -0.588. The Bertz CT molecular complexity index is 303. The van der Waals surface area contributed by atoms with E-state index >= 15 is 0 Å². The van der Waals surface area contributed by atoms with Crippen LogP contribution in [0.2, 0.25) is 0 Å². The molecule has 0 aliphatic carbocycles. The second-order valence-corrected chi connectivity index (χ2v) is 4.70. The maximum Gasteiger partial charge on any atom is 0.417 e. The van der Waals surface area contributed by atoms with Gasteiger partial charge in [-0.05, 0) is 20.8 Å². The van der Waals surface area contributed by atoms with Crippen molar-refractivity contribution in [1.29, 1.82) is 0 Å². The maximum absolute atomic E-state index is 11.6. The van der Waals surface area contributed by atoms with Gasteiger partial charge in [-0.15, -0.1) is 6.58 Å². The highest BCUT2D eigenvalue weighted by Crippen LogP contribution is 2.28. The van der Waals surface area contributed by atoms with Crippen LogP contribution in [-0.4, -0.2) is 28.5 Å². The van der Waals surface area contributed by atoms with E-state index in [1.54, 1.807) is 33.8 Å². The van der Waals surface area contributed by atoms with Crippen LogP contribution in [0, 0.1) is 5.92 Å². The molecule has 84 valence electrons. The molecule has 0 N–H and O–H groups in total. The molecule has 4 nitrogen and oxygen atoms in total. The van der Waals surface area contributed by atoms with Crippen molar-refractivity contribution in [1.82, 2.24) is 4.90 Å². The molecule has 2 atom stereocenters. The van der Waals surface area contributed by atoms with Crippen LogP contribution in [-0.2, 0) is 9.53 Å². The van der Waals surface area contributed by atoms with Crippen LogP contribution >= 0.6 is 0 Å². The first-order chi connectivity index (χ1) is 6.78. The summed E-state index contributed by atoms with van der Waals surface area (Å²) in [6, 6.07) is -0.229. The van der Waals surface area contributed by atoms with Crippen molar-refractivity contribution in [3.63, 3.8) is 0 Å². The van der Waals surface area contributed by atoms with E-state index in [-0.39, 0.29) is 17.9 Å². The maximum atomic E-state index is 11.6. The fourth-order valence-electron chi connectivity index (χ4n) is 1.49. The molecule has 1 saturated heterocycles. The van der Waals surface area contributed by atoms with Gasteiger partial charge in [-0.3, -0.25) is 4.79 Å². The molecule has 1 aliphatic heterocycles. The van der Waals surface area contributed by atoms with Gasteiger partial charge >= 0.3 is 6.09 Å². The standard InChI is InChI=1S/C11H17NO3/c1-6-8-7(2)9(13)12(8)10(14)15-11(3,4)5/h6-8H,1H2,2-5H3/t7-,8-/m1/s1. The first-order valence-electron chi connectivity index (χ1n) is 4.96. The van der Waals surface area contributed by atoms with E-state index in [1.165, 1.54) is 0 Å². The van der Waals surface area contributed by atoms with Gasteiger partial charge in [0.05, 0.1) is 12.0 Å². The van der Waals surface area contributed by atoms with E-state index < -0.39 is 11.7 Å². The third-order valence-corrected chi connectivity index (χ3v) is 2.27. The van der Waals surface area contributed by atoms with Gasteiger partial charge in [-0.2, -0.15) is 0 Å². The molecule has 1 aliphatic rings. The molecule has 0 bridgehead atoms. The molecule has 0 aromatic rings. The lowest BCUT2D eigenvalue weighted by Gasteiger charge is -2.42. The molecule has 0 spiro atoms. The SMILES string of the molecule is C=C[C@@H]1[C@@H](C)C(=O)N1C(=O)OC(C)(C)C. The number of hydrogen-bond acceptors (Lipinski definition) is 3. The van der Waals surface area contributed by atoms with Crippen LogP contribution in [0.15, 0.2) is 12.7 Å². The molecule has 0 aromatic carbocycles. The van der Waals surface area contributed by atoms with Crippen molar-refractivity contribution in [2.45, 2.75) is 39.3 Å². The molecule has 15 heavy (non-hydrogen) atoms. The quantitative estimate of drug-likeness (QED) is 0.492. The Morgan fingerprint density at radius 1 is 1.53 bits per heavy atom. The molecule has 2 amide bonds. The predicted octanol–water partition coefficient (Wildman–Crippen LogP) is 1.95. The van der Waals surface area contributed by atoms with Gasteiger partial charge in [0.25, 0.3) is 0 Å². The number of β-lactam (4-membered cyclic amide) rings is 1. The van der Waals surface area contributed by atoms with Crippen molar-refractivity contribution in [3.8, 4) is 0 Å². The largest absolute Gasteiger partial charge is 0.443 e. The number of carbonyl (C=O) groups excluding carboxylic acids is 2. The smallest absolute Gasteiger partial charge is 0.417 e. The predicted molar refractivity (Wildman–Crippen MR) is 56.2 cm³/mol. The molecule has 1 rings (SSSR count). The van der Waals surface area contributed by atoms with E-state index in [9.17, 15) is 9.59 Å². The Hall–Kier alpha value is -1.32. The highest BCUT2D eigenvalue weighted by atomic mass is 16.6. The zero-order valence-electron chi connectivity index (χ0n) is 9.61. The zero-order chi connectivity index (χ0) is 11.8. The Morgan fingerprint density at radius 2 is 2.07 bits per heavy atom. The first-order valence-corrected chi connectivity index (χ1v) is 4.96. The molecule has 0 radical (unpaired) electrons. The lowest BCUT2D eigenvalue weighted by atomic mass is 9.90. The third kappa shape index (κ3) is 2.19. The fraction of sp³-hybridized carbons (Fsp3) is 0.636. The third-order valence-electron chi connectivity index (χ3n) is 2.27. The van der Waals surface area contributed by atoms with Gasteiger partial charge in [-0.1, -0.05) is 13.0 Å². The highest BCUT2D eigenvalue weighted by Gasteiger charge is 2.47. The lowest BCUT2D eigenvalue weighted by Crippen LogP contribution is -2.61. The molecule has 0 unspecified atom stereocenters. The fourth-order valence-corrected chi connectivity index (χ4v) is 1.49. The van der Waals surface area contributed by atoms with Crippen molar-refractivity contribution in [3.05, 3.63) is 12.7 Å². The number of hydrogen-bond donors (Lipinski definition) is 0. The average molecular weight is 211 g/mol. The van der Waals surface area contributed by atoms with Gasteiger partial charge in [0, 0.05) is 0 Å². The summed E-state index contributed by atoms with van der Waals surface area (Å²) in [6.45, 7) is 10.7. The van der Waals surface area contributed by atoms with Crippen molar-refractivity contribution < 1.29 is 14.3 Å². The summed E-state index contributed by atoms with van der Waals surface area (Å²) in [7, 11) is 0. The summed E-state index contributed by atoms with van der Waals surface area (Å²) in [6.07, 6.45) is 1.01. The minimum Gasteiger partial charge on any atom is -0.443 e. The summed E-state index contributed by atoms with van der Waals surface area (Å²) >= 11 is 0. The summed E-state index contributed by atoms with van der Waals surface area (Å²) in [4.78, 5) is 24.2. The van der Waals surface area contributed by atoms with Crippen molar-refractivity contribution in [2.75, 3.05) is 0 Å². The van der Waals surface area contributed by atoms with Crippen LogP contribution in [0.1, 0.15) is 27.7 Å². The Balaban J connectivity index is 2.69. The van der Waals surface area contributed by atoms with Gasteiger partial charge in [-0.25, -0.2) is 9.69 Å². The monoisotopic (exact) mass is 211 g/mol. The number of ether oxygens (including phenoxy) is 1. The van der Waals surface area contributed by atoms with Crippen LogP contribution in [0.4, 0.5) is 4.79 Å². The molecule has 0 saturated carbocycles. The normalized spacial score (nSPS) is 25.9. The van der Waals surface area contributed by atoms with Crippen LogP contribution in [0.25, 0.3) is 0 Å². The lowest BCUT2D eigenvalue weighted by molar-refractivity contribution is -0.149. The number of imide groups is 1. The summed E-state index contributed by atoms with van der Waals surface area (Å²) in [5.74, 6) is -0.371. The number of nitrogens with zero attached hydrogens (tertiary/aromatic N) is 1. The van der Waals surface area contributed by atoms with Crippen LogP contribution in [0.3, 0.4) is 0 Å². The van der Waals surface area contributed by atoms with Gasteiger partial charge < -0.3 is 4.74 Å². The van der Waals surface area contributed by atoms with Gasteiger partial charge in [0.1, 0.15) is 5.60 Å². The number of likely N-dealkylation sites (tertiary alicyclic amines) is 1. The topological polar surface area (TPSA) is 46.6 Å². The van der Waals surface area contributed by atoms with Crippen LogP contribution in [0.5, 0.6) is 0 Å². The van der Waals surface area contributed by atoms with E-state index in [1.807, 2.05) is 0 Å². The van der Waals surface area contributed by atoms with Crippen LogP contribution < -0.4 is 0 Å². The van der Waals surface area contributed by atoms with Crippen molar-refractivity contribution in [2.24, 2.45) is 5.92 Å². The summed E-state index contributed by atoms with van der Waals surface area (Å²) in [5, 5.41) is 0. The average Bonchev–Trinajstić information content (AvgIpc) is 2.08. The first kappa shape index (κ1) is 11.8. The highest BCUT2D eigenvalue weighted by molar-refractivity contribution is 5.99. The Morgan fingerprint density at radius 3 is 2.47 bits per heavy atom. The molecular formula is C11H17NO3. The summed E-state index contributed by atoms with van der Waals surface area (Å²) in [5.41, 5.74) is -0.581. The van der Waals surface area contributed by atoms with E-state index in [4.69, 9.17) is 4.74 Å². The number of amides is 2. The van der Waals surface area contributed by atoms with E-state index in [0.717, 1.165) is 4.90 Å². The molecule has 4 heteroatoms. The molecule has 1 fully saturated rings. The van der Waals surface area contributed by atoms with Gasteiger partial charge in [0.2, 0.25) is 5.91 Å². The van der Waals surface area contributed by atoms with Crippen molar-refractivity contribution >= 4 is 12.0 Å². The number of rotatable bonds is 1. The second kappa shape index (κ2) is 3.68. The van der Waals surface area contributed by atoms with Gasteiger partial charge in [0.15, 0.2) is 0 Å². The molecular weight excluding hydrogens is 194 g/mol. The zero-order valence-corrected chi connectivity index (χ0v) is 9.61. The molecule has 1 heterocycles. The van der Waals surface area contributed by atoms with E-state index in [2.05, 4.69) is 6.58 Å². The van der Waals surface area contributed by atoms with E-state index in [0.29, 0.717) is 0 Å². The Labute approximate surface area is 89.9 Å². The minimum absolute atomic E-state index is 0.171. The second-order valence-electron chi connectivity index (χ2n) is 4.70. The summed E-state index contributed by atoms with van der Waals surface area (Å²) < 4.78 is 5.11. The number of carbonyl (C=O) groups is 2. The molecule has 0 aromatic heterocycles. The Kier molecular flexibility index (Phi) is 2.88.